The lowest BCUT2D eigenvalue weighted by Crippen LogP contribution is -2.29. The molecule has 2 aromatic carbocycles. The maximum absolute atomic E-state index is 13.5. The molecule has 0 unspecified atom stereocenters. The Hall–Kier alpha value is -3.05. The van der Waals surface area contributed by atoms with Crippen LogP contribution in [0.5, 0.6) is 0 Å². The van der Waals surface area contributed by atoms with Gasteiger partial charge in [-0.05, 0) is 86.4 Å². The summed E-state index contributed by atoms with van der Waals surface area (Å²) in [6.45, 7) is 2.22. The van der Waals surface area contributed by atoms with E-state index < -0.39 is 0 Å². The quantitative estimate of drug-likeness (QED) is 0.496. The smallest absolute Gasteiger partial charge is 0.123 e. The van der Waals surface area contributed by atoms with Crippen molar-refractivity contribution in [1.29, 1.82) is 0 Å². The summed E-state index contributed by atoms with van der Waals surface area (Å²) in [7, 11) is 2.19. The Morgan fingerprint density at radius 2 is 1.66 bits per heavy atom. The van der Waals surface area contributed by atoms with E-state index in [0.29, 0.717) is 5.92 Å². The monoisotopic (exact) mass is 385 g/mol. The molecule has 1 aliphatic heterocycles. The third-order valence-corrected chi connectivity index (χ3v) is 5.99. The molecule has 0 spiro atoms. The Balaban J connectivity index is 1.67. The van der Waals surface area contributed by atoms with Crippen LogP contribution in [0, 0.1) is 5.82 Å². The predicted molar refractivity (Wildman–Crippen MR) is 114 cm³/mol. The molecule has 4 aromatic rings. The summed E-state index contributed by atoms with van der Waals surface area (Å²) in [6, 6.07) is 13.2. The molecule has 4 nitrogen and oxygen atoms in total. The van der Waals surface area contributed by atoms with Gasteiger partial charge in [-0.25, -0.2) is 14.4 Å². The molecule has 1 fully saturated rings. The van der Waals surface area contributed by atoms with Gasteiger partial charge in [0.15, 0.2) is 0 Å². The van der Waals surface area contributed by atoms with Crippen LogP contribution in [-0.2, 0) is 0 Å². The summed E-state index contributed by atoms with van der Waals surface area (Å²) in [5.74, 6) is 0.310. The van der Waals surface area contributed by atoms with Crippen LogP contribution in [0.2, 0.25) is 0 Å². The average Bonchev–Trinajstić information content (AvgIpc) is 3.14. The lowest BCUT2D eigenvalue weighted by Gasteiger charge is -2.28. The number of aromatic nitrogens is 3. The molecule has 0 saturated carbocycles. The van der Waals surface area contributed by atoms with Crippen molar-refractivity contribution in [2.75, 3.05) is 20.1 Å². The Labute approximate surface area is 169 Å². The number of nitrogens with zero attached hydrogens (tertiary/aromatic N) is 4. The fraction of sp³-hybridized carbons (Fsp3) is 0.250. The molecule has 1 aliphatic rings. The highest BCUT2D eigenvalue weighted by molar-refractivity contribution is 5.90. The molecule has 0 radical (unpaired) electrons. The Morgan fingerprint density at radius 3 is 2.38 bits per heavy atom. The van der Waals surface area contributed by atoms with Crippen molar-refractivity contribution < 1.29 is 4.39 Å². The third-order valence-electron chi connectivity index (χ3n) is 5.99. The number of hydrogen-bond acceptors (Lipinski definition) is 3. The van der Waals surface area contributed by atoms with Crippen molar-refractivity contribution in [3.05, 3.63) is 78.8 Å². The number of hydrogen-bond donors (Lipinski definition) is 0. The van der Waals surface area contributed by atoms with Gasteiger partial charge in [0.25, 0.3) is 0 Å². The molecule has 0 N–H and O–H groups in total. The fourth-order valence-electron chi connectivity index (χ4n) is 4.34. The maximum atomic E-state index is 13.5. The van der Waals surface area contributed by atoms with Gasteiger partial charge in [-0.2, -0.15) is 0 Å². The first kappa shape index (κ1) is 18.0. The minimum atomic E-state index is -0.216. The molecule has 5 heteroatoms. The van der Waals surface area contributed by atoms with Crippen molar-refractivity contribution in [3.8, 4) is 16.8 Å². The summed E-state index contributed by atoms with van der Waals surface area (Å²) >= 11 is 0. The Bertz CT molecular complexity index is 1130. The molecule has 5 rings (SSSR count). The second kappa shape index (κ2) is 7.41. The standard InChI is InChI=1S/C24H23FN4/c1-28-10-8-17(9-11-28)23-15-29(21-5-3-20(25)4-6-21)24-7-2-18(12-22(23)24)19-13-26-16-27-14-19/h2-7,12-17H,8-11H2,1H3/i1-1. The van der Waals surface area contributed by atoms with Gasteiger partial charge in [0.2, 0.25) is 0 Å². The van der Waals surface area contributed by atoms with E-state index in [1.54, 1.807) is 6.33 Å². The van der Waals surface area contributed by atoms with Gasteiger partial charge in [0, 0.05) is 35.2 Å². The highest BCUT2D eigenvalue weighted by Gasteiger charge is 2.23. The highest BCUT2D eigenvalue weighted by atomic mass is 19.1. The number of likely N-dealkylation sites (tertiary alicyclic amines) is 1. The van der Waals surface area contributed by atoms with E-state index >= 15 is 0 Å². The SMILES string of the molecule is [11CH3]N1CCC(c2cn(-c3ccc(F)cc3)c3ccc(-c4cncnc4)cc23)CC1. The van der Waals surface area contributed by atoms with Gasteiger partial charge in [-0.15, -0.1) is 0 Å². The van der Waals surface area contributed by atoms with Crippen molar-refractivity contribution in [2.45, 2.75) is 18.8 Å². The predicted octanol–water partition coefficient (Wildman–Crippen LogP) is 5.04. The van der Waals surface area contributed by atoms with Gasteiger partial charge < -0.3 is 9.47 Å². The Kier molecular flexibility index (Phi) is 4.60. The molecular formula is C24H23FN4. The number of benzene rings is 2. The van der Waals surface area contributed by atoms with Crippen LogP contribution in [0.3, 0.4) is 0 Å². The first-order chi connectivity index (χ1) is 14.2. The van der Waals surface area contributed by atoms with Crippen molar-refractivity contribution in [3.63, 3.8) is 0 Å². The molecule has 0 bridgehead atoms. The van der Waals surface area contributed by atoms with E-state index in [2.05, 4.69) is 50.9 Å². The van der Waals surface area contributed by atoms with Gasteiger partial charge in [0.05, 0.1) is 5.52 Å². The fourth-order valence-corrected chi connectivity index (χ4v) is 4.34. The van der Waals surface area contributed by atoms with Crippen LogP contribution >= 0.6 is 0 Å². The van der Waals surface area contributed by atoms with Gasteiger partial charge in [-0.1, -0.05) is 6.07 Å². The van der Waals surface area contributed by atoms with Gasteiger partial charge in [-0.3, -0.25) is 0 Å². The molecule has 2 aromatic heterocycles. The van der Waals surface area contributed by atoms with Crippen molar-refractivity contribution in [2.24, 2.45) is 0 Å². The summed E-state index contributed by atoms with van der Waals surface area (Å²) in [5.41, 5.74) is 5.62. The molecule has 0 aliphatic carbocycles. The molecular weight excluding hydrogens is 362 g/mol. The second-order valence-corrected chi connectivity index (χ2v) is 7.87. The van der Waals surface area contributed by atoms with Crippen LogP contribution in [0.15, 0.2) is 67.4 Å². The van der Waals surface area contributed by atoms with Crippen LogP contribution in [-0.4, -0.2) is 39.6 Å². The zero-order valence-corrected chi connectivity index (χ0v) is 16.4. The van der Waals surface area contributed by atoms with Crippen LogP contribution in [0.1, 0.15) is 24.3 Å². The zero-order chi connectivity index (χ0) is 19.8. The Morgan fingerprint density at radius 1 is 0.931 bits per heavy atom. The summed E-state index contributed by atoms with van der Waals surface area (Å²) in [5, 5.41) is 1.25. The highest BCUT2D eigenvalue weighted by Crippen LogP contribution is 2.37. The lowest BCUT2D eigenvalue weighted by molar-refractivity contribution is 0.256. The minimum Gasteiger partial charge on any atom is -0.316 e. The maximum Gasteiger partial charge on any atom is 0.123 e. The first-order valence-corrected chi connectivity index (χ1v) is 10.0. The number of piperidine rings is 1. The summed E-state index contributed by atoms with van der Waals surface area (Å²) in [4.78, 5) is 10.7. The second-order valence-electron chi connectivity index (χ2n) is 7.87. The third kappa shape index (κ3) is 3.42. The van der Waals surface area contributed by atoms with E-state index in [9.17, 15) is 4.39 Å². The number of rotatable bonds is 3. The normalized spacial score (nSPS) is 15.8. The van der Waals surface area contributed by atoms with E-state index in [4.69, 9.17) is 0 Å². The number of halogens is 1. The van der Waals surface area contributed by atoms with E-state index in [0.717, 1.165) is 48.3 Å². The van der Waals surface area contributed by atoms with E-state index in [1.807, 2.05) is 24.5 Å². The molecule has 1 saturated heterocycles. The summed E-state index contributed by atoms with van der Waals surface area (Å²) in [6.07, 6.45) is 9.80. The van der Waals surface area contributed by atoms with Crippen molar-refractivity contribution >= 4 is 10.9 Å². The average molecular weight is 385 g/mol. The van der Waals surface area contributed by atoms with Crippen LogP contribution in [0.25, 0.3) is 27.7 Å². The molecule has 0 amide bonds. The van der Waals surface area contributed by atoms with Gasteiger partial charge in [0.1, 0.15) is 12.1 Å². The van der Waals surface area contributed by atoms with Crippen LogP contribution in [0.4, 0.5) is 4.39 Å². The minimum absolute atomic E-state index is 0.216. The number of fused-ring (bicyclic) bond motifs is 1. The first-order valence-electron chi connectivity index (χ1n) is 10.0. The zero-order valence-electron chi connectivity index (χ0n) is 16.4. The van der Waals surface area contributed by atoms with Gasteiger partial charge >= 0.3 is 0 Å². The van der Waals surface area contributed by atoms with E-state index in [1.165, 1.54) is 23.1 Å². The lowest BCUT2D eigenvalue weighted by atomic mass is 9.88. The molecule has 146 valence electrons. The summed E-state index contributed by atoms with van der Waals surface area (Å²) < 4.78 is 15.7. The topological polar surface area (TPSA) is 34.0 Å². The molecule has 3 heterocycles. The van der Waals surface area contributed by atoms with Crippen LogP contribution < -0.4 is 0 Å². The molecule has 29 heavy (non-hydrogen) atoms. The van der Waals surface area contributed by atoms with Crippen molar-refractivity contribution in [1.82, 2.24) is 19.4 Å². The van der Waals surface area contributed by atoms with E-state index in [-0.39, 0.29) is 5.82 Å². The molecule has 0 atom stereocenters. The largest absolute Gasteiger partial charge is 0.316 e.